The fourth-order valence-electron chi connectivity index (χ4n) is 2.30. The van der Waals surface area contributed by atoms with Gasteiger partial charge in [-0.3, -0.25) is 19.6 Å². The highest BCUT2D eigenvalue weighted by atomic mass is 32.2. The summed E-state index contributed by atoms with van der Waals surface area (Å²) in [5, 5.41) is 16.4. The number of carbonyl (C=O) groups excluding carboxylic acids is 1. The number of rotatable bonds is 7. The van der Waals surface area contributed by atoms with E-state index in [4.69, 9.17) is 0 Å². The van der Waals surface area contributed by atoms with Crippen molar-refractivity contribution in [3.8, 4) is 0 Å². The first-order valence-corrected chi connectivity index (χ1v) is 10.5. The molecule has 2 aromatic carbocycles. The van der Waals surface area contributed by atoms with Gasteiger partial charge in [0.2, 0.25) is 0 Å². The van der Waals surface area contributed by atoms with E-state index in [-0.39, 0.29) is 21.0 Å². The highest BCUT2D eigenvalue weighted by Crippen LogP contribution is 2.20. The molecule has 0 saturated carbocycles. The Hall–Kier alpha value is -3.57. The van der Waals surface area contributed by atoms with Gasteiger partial charge in [-0.25, -0.2) is 13.8 Å². The molecular formula is C18H14N4O5S2. The number of hydrogen-bond acceptors (Lipinski definition) is 7. The van der Waals surface area contributed by atoms with E-state index in [0.29, 0.717) is 5.69 Å². The zero-order valence-corrected chi connectivity index (χ0v) is 16.3. The van der Waals surface area contributed by atoms with E-state index in [1.807, 2.05) is 0 Å². The van der Waals surface area contributed by atoms with Crippen molar-refractivity contribution in [2.24, 2.45) is 5.10 Å². The van der Waals surface area contributed by atoms with E-state index in [1.165, 1.54) is 54.7 Å². The molecule has 11 heteroatoms. The molecule has 29 heavy (non-hydrogen) atoms. The van der Waals surface area contributed by atoms with Crippen molar-refractivity contribution < 1.29 is 18.1 Å². The lowest BCUT2D eigenvalue weighted by Crippen LogP contribution is -2.18. The molecule has 1 heterocycles. The molecule has 0 fully saturated rings. The molecule has 0 spiro atoms. The van der Waals surface area contributed by atoms with Crippen molar-refractivity contribution in [3.05, 3.63) is 87.3 Å². The Kier molecular flexibility index (Phi) is 6.00. The zero-order valence-electron chi connectivity index (χ0n) is 14.7. The van der Waals surface area contributed by atoms with Crippen LogP contribution in [-0.2, 0) is 10.0 Å². The number of anilines is 1. The number of nitrogens with one attached hydrogen (secondary N) is 2. The highest BCUT2D eigenvalue weighted by molar-refractivity contribution is 7.94. The molecule has 1 aromatic heterocycles. The second kappa shape index (κ2) is 8.63. The van der Waals surface area contributed by atoms with Gasteiger partial charge in [0.1, 0.15) is 4.21 Å². The second-order valence-corrected chi connectivity index (χ2v) is 8.49. The number of nitro groups is 1. The maximum Gasteiger partial charge on any atom is 0.278 e. The summed E-state index contributed by atoms with van der Waals surface area (Å²) in [5.41, 5.74) is 2.93. The molecule has 0 aliphatic carbocycles. The molecule has 0 unspecified atom stereocenters. The molecule has 0 bridgehead atoms. The fourth-order valence-corrected chi connectivity index (χ4v) is 4.35. The van der Waals surface area contributed by atoms with Crippen molar-refractivity contribution in [1.82, 2.24) is 5.43 Å². The second-order valence-electron chi connectivity index (χ2n) is 5.63. The smallest absolute Gasteiger partial charge is 0.278 e. The number of benzene rings is 2. The van der Waals surface area contributed by atoms with Gasteiger partial charge in [0, 0.05) is 17.3 Å². The minimum atomic E-state index is -3.67. The van der Waals surface area contributed by atoms with E-state index in [2.05, 4.69) is 15.2 Å². The monoisotopic (exact) mass is 430 g/mol. The van der Waals surface area contributed by atoms with Crippen LogP contribution in [0.15, 0.2) is 75.4 Å². The third-order valence-electron chi connectivity index (χ3n) is 3.66. The Morgan fingerprint density at radius 1 is 1.07 bits per heavy atom. The quantitative estimate of drug-likeness (QED) is 0.338. The maximum absolute atomic E-state index is 12.2. The lowest BCUT2D eigenvalue weighted by molar-refractivity contribution is -0.385. The van der Waals surface area contributed by atoms with Gasteiger partial charge in [0.25, 0.3) is 21.6 Å². The summed E-state index contributed by atoms with van der Waals surface area (Å²) in [6, 6.07) is 14.9. The number of carbonyl (C=O) groups is 1. The highest BCUT2D eigenvalue weighted by Gasteiger charge is 2.15. The van der Waals surface area contributed by atoms with Crippen LogP contribution in [0.5, 0.6) is 0 Å². The number of hydrogen-bond donors (Lipinski definition) is 2. The summed E-state index contributed by atoms with van der Waals surface area (Å²) in [7, 11) is -3.67. The van der Waals surface area contributed by atoms with Gasteiger partial charge < -0.3 is 0 Å². The van der Waals surface area contributed by atoms with Crippen molar-refractivity contribution in [2.45, 2.75) is 4.21 Å². The predicted octanol–water partition coefficient (Wildman–Crippen LogP) is 3.22. The Labute approximate surface area is 169 Å². The van der Waals surface area contributed by atoms with E-state index in [9.17, 15) is 23.3 Å². The molecular weight excluding hydrogens is 416 g/mol. The van der Waals surface area contributed by atoms with Crippen LogP contribution in [0.3, 0.4) is 0 Å². The maximum atomic E-state index is 12.2. The molecule has 0 atom stereocenters. The third-order valence-corrected chi connectivity index (χ3v) is 6.44. The van der Waals surface area contributed by atoms with Gasteiger partial charge in [-0.15, -0.1) is 11.3 Å². The van der Waals surface area contributed by atoms with Crippen LogP contribution >= 0.6 is 11.3 Å². The topological polar surface area (TPSA) is 131 Å². The van der Waals surface area contributed by atoms with E-state index in [1.54, 1.807) is 17.5 Å². The number of hydrazone groups is 1. The van der Waals surface area contributed by atoms with Crippen LogP contribution in [-0.4, -0.2) is 25.5 Å². The summed E-state index contributed by atoms with van der Waals surface area (Å²) < 4.78 is 27.0. The van der Waals surface area contributed by atoms with Gasteiger partial charge in [-0.2, -0.15) is 5.10 Å². The first kappa shape index (κ1) is 20.2. The van der Waals surface area contributed by atoms with Gasteiger partial charge in [-0.1, -0.05) is 18.2 Å². The summed E-state index contributed by atoms with van der Waals surface area (Å²) >= 11 is 1.09. The van der Waals surface area contributed by atoms with Gasteiger partial charge in [0.15, 0.2) is 0 Å². The van der Waals surface area contributed by atoms with Crippen molar-refractivity contribution in [3.63, 3.8) is 0 Å². The van der Waals surface area contributed by atoms with Crippen LogP contribution in [0.25, 0.3) is 0 Å². The molecule has 148 valence electrons. The molecule has 3 rings (SSSR count). The summed E-state index contributed by atoms with van der Waals surface area (Å²) in [6.45, 7) is 0. The lowest BCUT2D eigenvalue weighted by Gasteiger charge is -2.07. The Morgan fingerprint density at radius 2 is 1.79 bits per heavy atom. The average molecular weight is 430 g/mol. The number of para-hydroxylation sites is 1. The zero-order chi connectivity index (χ0) is 20.9. The van der Waals surface area contributed by atoms with Crippen LogP contribution in [0.2, 0.25) is 0 Å². The Balaban J connectivity index is 1.65. The van der Waals surface area contributed by atoms with Crippen molar-refractivity contribution in [1.29, 1.82) is 0 Å². The SMILES string of the molecule is O=C(NN=Cc1ccccc1[N+](=O)[O-])c1ccc(NS(=O)(=O)c2cccs2)cc1. The van der Waals surface area contributed by atoms with E-state index in [0.717, 1.165) is 11.3 Å². The minimum Gasteiger partial charge on any atom is -0.279 e. The number of nitro benzene ring substituents is 1. The fraction of sp³-hybridized carbons (Fsp3) is 0. The Morgan fingerprint density at radius 3 is 2.45 bits per heavy atom. The van der Waals surface area contributed by atoms with Crippen LogP contribution in [0.4, 0.5) is 11.4 Å². The number of sulfonamides is 1. The van der Waals surface area contributed by atoms with E-state index < -0.39 is 20.9 Å². The first-order valence-electron chi connectivity index (χ1n) is 8.10. The normalized spacial score (nSPS) is 11.3. The molecule has 3 aromatic rings. The molecule has 0 saturated heterocycles. The first-order chi connectivity index (χ1) is 13.9. The van der Waals surface area contributed by atoms with Crippen LogP contribution in [0.1, 0.15) is 15.9 Å². The Bertz CT molecular complexity index is 1160. The van der Waals surface area contributed by atoms with Crippen LogP contribution in [0, 0.1) is 10.1 Å². The molecule has 2 N–H and O–H groups in total. The number of thiophene rings is 1. The minimum absolute atomic E-state index is 0.132. The average Bonchev–Trinajstić information content (AvgIpc) is 3.24. The molecule has 0 aliphatic rings. The largest absolute Gasteiger partial charge is 0.279 e. The molecule has 9 nitrogen and oxygen atoms in total. The summed E-state index contributed by atoms with van der Waals surface area (Å²) in [6.07, 6.45) is 1.18. The van der Waals surface area contributed by atoms with Crippen LogP contribution < -0.4 is 10.1 Å². The summed E-state index contributed by atoms with van der Waals surface area (Å²) in [5.74, 6) is -0.549. The lowest BCUT2D eigenvalue weighted by atomic mass is 10.2. The molecule has 0 aliphatic heterocycles. The van der Waals surface area contributed by atoms with Crippen molar-refractivity contribution in [2.75, 3.05) is 4.72 Å². The molecule has 1 amide bonds. The van der Waals surface area contributed by atoms with E-state index >= 15 is 0 Å². The summed E-state index contributed by atoms with van der Waals surface area (Å²) in [4.78, 5) is 22.6. The predicted molar refractivity (Wildman–Crippen MR) is 110 cm³/mol. The number of nitrogens with zero attached hydrogens (tertiary/aromatic N) is 2. The standard InChI is InChI=1S/C18H14N4O5S2/c23-18(20-19-12-14-4-1-2-5-16(14)22(24)25)13-7-9-15(10-8-13)21-29(26,27)17-6-3-11-28-17/h1-12,21H,(H,20,23). The molecule has 0 radical (unpaired) electrons. The number of amides is 1. The third kappa shape index (κ3) is 5.03. The van der Waals surface area contributed by atoms with Gasteiger partial charge >= 0.3 is 0 Å². The van der Waals surface area contributed by atoms with Gasteiger partial charge in [0.05, 0.1) is 16.7 Å². The van der Waals surface area contributed by atoms with Crippen molar-refractivity contribution >= 4 is 44.9 Å². The van der Waals surface area contributed by atoms with Gasteiger partial charge in [-0.05, 0) is 41.8 Å².